The highest BCUT2D eigenvalue weighted by molar-refractivity contribution is 7.90. The van der Waals surface area contributed by atoms with Crippen molar-refractivity contribution in [2.75, 3.05) is 18.6 Å². The number of nitrogens with zero attached hydrogens (tertiary/aromatic N) is 2. The van der Waals surface area contributed by atoms with Crippen LogP contribution in [0.15, 0.2) is 12.3 Å². The maximum absolute atomic E-state index is 10.8. The molecule has 1 rings (SSSR count). The van der Waals surface area contributed by atoms with E-state index in [2.05, 4.69) is 15.3 Å². The average Bonchev–Trinajstić information content (AvgIpc) is 2.11. The predicted molar refractivity (Wildman–Crippen MR) is 58.2 cm³/mol. The molecule has 1 heterocycles. The van der Waals surface area contributed by atoms with Gasteiger partial charge >= 0.3 is 0 Å². The Morgan fingerprint density at radius 2 is 2.20 bits per heavy atom. The first-order valence-corrected chi connectivity index (χ1v) is 6.70. The summed E-state index contributed by atoms with van der Waals surface area (Å²) in [5.41, 5.74) is 0.871. The third-order valence-electron chi connectivity index (χ3n) is 1.79. The summed E-state index contributed by atoms with van der Waals surface area (Å²) in [6.07, 6.45) is 2.92. The number of hydrogen-bond donors (Lipinski definition) is 1. The lowest BCUT2D eigenvalue weighted by Gasteiger charge is -2.03. The summed E-state index contributed by atoms with van der Waals surface area (Å²) in [6, 6.07) is 1.81. The molecule has 0 unspecified atom stereocenters. The standard InChI is InChI=1S/C9H15N3O2S/c1-8-11-4-3-9(12-8)7-10-5-6-15(2,13)14/h3-4,10H,5-7H2,1-2H3. The Labute approximate surface area is 89.9 Å². The summed E-state index contributed by atoms with van der Waals surface area (Å²) >= 11 is 0. The molecule has 5 nitrogen and oxygen atoms in total. The molecule has 0 aliphatic carbocycles. The van der Waals surface area contributed by atoms with E-state index < -0.39 is 9.84 Å². The van der Waals surface area contributed by atoms with Crippen molar-refractivity contribution < 1.29 is 8.42 Å². The van der Waals surface area contributed by atoms with Crippen molar-refractivity contribution in [3.8, 4) is 0 Å². The Morgan fingerprint density at radius 1 is 1.47 bits per heavy atom. The van der Waals surface area contributed by atoms with Crippen LogP contribution in [0.3, 0.4) is 0 Å². The second kappa shape index (κ2) is 5.18. The lowest BCUT2D eigenvalue weighted by Crippen LogP contribution is -2.22. The Hall–Kier alpha value is -1.01. The largest absolute Gasteiger partial charge is 0.310 e. The van der Waals surface area contributed by atoms with E-state index in [0.717, 1.165) is 11.5 Å². The lowest BCUT2D eigenvalue weighted by atomic mass is 10.4. The van der Waals surface area contributed by atoms with E-state index in [9.17, 15) is 8.42 Å². The van der Waals surface area contributed by atoms with E-state index in [1.54, 1.807) is 12.3 Å². The van der Waals surface area contributed by atoms with Crippen LogP contribution < -0.4 is 5.32 Å². The lowest BCUT2D eigenvalue weighted by molar-refractivity contribution is 0.595. The van der Waals surface area contributed by atoms with Crippen LogP contribution in [0, 0.1) is 6.92 Å². The SMILES string of the molecule is Cc1nccc(CNCCS(C)(=O)=O)n1. The first-order valence-electron chi connectivity index (χ1n) is 4.64. The fraction of sp³-hybridized carbons (Fsp3) is 0.556. The van der Waals surface area contributed by atoms with Gasteiger partial charge in [-0.3, -0.25) is 0 Å². The van der Waals surface area contributed by atoms with Crippen LogP contribution in [0.2, 0.25) is 0 Å². The first-order chi connectivity index (χ1) is 6.97. The molecule has 6 heteroatoms. The average molecular weight is 229 g/mol. The number of aromatic nitrogens is 2. The molecule has 0 saturated carbocycles. The van der Waals surface area contributed by atoms with Crippen LogP contribution in [-0.2, 0) is 16.4 Å². The zero-order chi connectivity index (χ0) is 11.3. The predicted octanol–water partition coefficient (Wildman–Crippen LogP) is -0.0808. The number of nitrogens with one attached hydrogen (secondary N) is 1. The fourth-order valence-corrected chi connectivity index (χ4v) is 1.59. The molecule has 0 radical (unpaired) electrons. The molecule has 84 valence electrons. The Kier molecular flexibility index (Phi) is 4.16. The summed E-state index contributed by atoms with van der Waals surface area (Å²) in [6.45, 7) is 2.83. The van der Waals surface area contributed by atoms with Gasteiger partial charge in [0.2, 0.25) is 0 Å². The molecule has 1 aromatic rings. The summed E-state index contributed by atoms with van der Waals surface area (Å²) in [7, 11) is -2.88. The number of sulfone groups is 1. The second-order valence-electron chi connectivity index (χ2n) is 3.40. The van der Waals surface area contributed by atoms with E-state index >= 15 is 0 Å². The van der Waals surface area contributed by atoms with Crippen molar-refractivity contribution in [2.45, 2.75) is 13.5 Å². The van der Waals surface area contributed by atoms with Gasteiger partial charge in [0.1, 0.15) is 15.7 Å². The molecular formula is C9H15N3O2S. The van der Waals surface area contributed by atoms with Crippen LogP contribution in [0.1, 0.15) is 11.5 Å². The zero-order valence-electron chi connectivity index (χ0n) is 8.90. The third-order valence-corrected chi connectivity index (χ3v) is 2.74. The van der Waals surface area contributed by atoms with Gasteiger partial charge in [-0.25, -0.2) is 18.4 Å². The van der Waals surface area contributed by atoms with Gasteiger partial charge < -0.3 is 5.32 Å². The van der Waals surface area contributed by atoms with Gasteiger partial charge in [0.25, 0.3) is 0 Å². The molecule has 15 heavy (non-hydrogen) atoms. The van der Waals surface area contributed by atoms with Gasteiger partial charge in [-0.1, -0.05) is 0 Å². The van der Waals surface area contributed by atoms with Crippen LogP contribution >= 0.6 is 0 Å². The summed E-state index contributed by atoms with van der Waals surface area (Å²) in [4.78, 5) is 8.16. The number of hydrogen-bond acceptors (Lipinski definition) is 5. The van der Waals surface area contributed by atoms with Crippen molar-refractivity contribution in [1.29, 1.82) is 0 Å². The summed E-state index contributed by atoms with van der Waals surface area (Å²) in [5, 5.41) is 3.02. The smallest absolute Gasteiger partial charge is 0.148 e. The van der Waals surface area contributed by atoms with Crippen molar-refractivity contribution in [3.05, 3.63) is 23.8 Å². The molecule has 0 aliphatic rings. The fourth-order valence-electron chi connectivity index (χ4n) is 1.08. The van der Waals surface area contributed by atoms with Crippen molar-refractivity contribution in [1.82, 2.24) is 15.3 Å². The molecule has 1 aromatic heterocycles. The summed E-state index contributed by atoms with van der Waals surface area (Å²) in [5.74, 6) is 0.870. The normalized spacial score (nSPS) is 11.6. The van der Waals surface area contributed by atoms with E-state index in [4.69, 9.17) is 0 Å². The van der Waals surface area contributed by atoms with Crippen LogP contribution in [0.5, 0.6) is 0 Å². The van der Waals surface area contributed by atoms with Crippen molar-refractivity contribution in [2.24, 2.45) is 0 Å². The second-order valence-corrected chi connectivity index (χ2v) is 5.66. The monoisotopic (exact) mass is 229 g/mol. The molecule has 0 aromatic carbocycles. The van der Waals surface area contributed by atoms with E-state index in [-0.39, 0.29) is 5.75 Å². The van der Waals surface area contributed by atoms with Crippen molar-refractivity contribution >= 4 is 9.84 Å². The number of rotatable bonds is 5. The highest BCUT2D eigenvalue weighted by Gasteiger charge is 2.01. The molecule has 0 aliphatic heterocycles. The third kappa shape index (κ3) is 5.44. The molecule has 0 spiro atoms. The van der Waals surface area contributed by atoms with Gasteiger partial charge in [-0.05, 0) is 13.0 Å². The minimum absolute atomic E-state index is 0.150. The van der Waals surface area contributed by atoms with Crippen LogP contribution in [0.25, 0.3) is 0 Å². The van der Waals surface area contributed by atoms with Gasteiger partial charge in [-0.2, -0.15) is 0 Å². The van der Waals surface area contributed by atoms with Crippen LogP contribution in [0.4, 0.5) is 0 Å². The van der Waals surface area contributed by atoms with Gasteiger partial charge in [-0.15, -0.1) is 0 Å². The van der Waals surface area contributed by atoms with Gasteiger partial charge in [0, 0.05) is 25.5 Å². The van der Waals surface area contributed by atoms with Crippen LogP contribution in [-0.4, -0.2) is 36.9 Å². The van der Waals surface area contributed by atoms with Crippen molar-refractivity contribution in [3.63, 3.8) is 0 Å². The highest BCUT2D eigenvalue weighted by Crippen LogP contribution is 1.93. The zero-order valence-corrected chi connectivity index (χ0v) is 9.71. The molecule has 0 atom stereocenters. The summed E-state index contributed by atoms with van der Waals surface area (Å²) < 4.78 is 21.7. The molecule has 1 N–H and O–H groups in total. The van der Waals surface area contributed by atoms with Gasteiger partial charge in [0.05, 0.1) is 11.4 Å². The molecule has 0 fully saturated rings. The first kappa shape index (κ1) is 12.1. The Morgan fingerprint density at radius 3 is 2.80 bits per heavy atom. The molecule has 0 saturated heterocycles. The minimum atomic E-state index is -2.88. The number of aryl methyl sites for hydroxylation is 1. The van der Waals surface area contributed by atoms with Gasteiger partial charge in [0.15, 0.2) is 0 Å². The molecule has 0 bridgehead atoms. The maximum Gasteiger partial charge on any atom is 0.148 e. The quantitative estimate of drug-likeness (QED) is 0.715. The highest BCUT2D eigenvalue weighted by atomic mass is 32.2. The minimum Gasteiger partial charge on any atom is -0.310 e. The maximum atomic E-state index is 10.8. The Bertz CT molecular complexity index is 417. The van der Waals surface area contributed by atoms with E-state index in [1.807, 2.05) is 6.92 Å². The Balaban J connectivity index is 2.32. The van der Waals surface area contributed by atoms with E-state index in [0.29, 0.717) is 13.1 Å². The molecule has 0 amide bonds. The topological polar surface area (TPSA) is 72.0 Å². The van der Waals surface area contributed by atoms with E-state index in [1.165, 1.54) is 6.26 Å². The molecular weight excluding hydrogens is 214 g/mol.